The number of hydrogen-bond donors (Lipinski definition) is 1. The van der Waals surface area contributed by atoms with Gasteiger partial charge in [-0.15, -0.1) is 0 Å². The molecule has 1 atom stereocenters. The van der Waals surface area contributed by atoms with E-state index in [2.05, 4.69) is 12.2 Å². The molecule has 168 valence electrons. The zero-order chi connectivity index (χ0) is 22.4. The Morgan fingerprint density at radius 2 is 1.87 bits per heavy atom. The number of carbonyl (C=O) groups excluding carboxylic acids is 2. The number of nitrogens with one attached hydrogen (secondary N) is 1. The first-order valence-corrected chi connectivity index (χ1v) is 12.3. The predicted molar refractivity (Wildman–Crippen MR) is 115 cm³/mol. The molecular formula is C22H30N4O4S. The van der Waals surface area contributed by atoms with Crippen LogP contribution in [0.5, 0.6) is 0 Å². The molecule has 0 radical (unpaired) electrons. The van der Waals surface area contributed by atoms with Crippen molar-refractivity contribution in [2.45, 2.75) is 43.9 Å². The number of nitrogens with zero attached hydrogens (tertiary/aromatic N) is 3. The van der Waals surface area contributed by atoms with E-state index in [1.807, 2.05) is 11.0 Å². The largest absolute Gasteiger partial charge is 0.355 e. The van der Waals surface area contributed by atoms with Gasteiger partial charge in [-0.2, -0.15) is 9.57 Å². The van der Waals surface area contributed by atoms with Crippen LogP contribution in [0.25, 0.3) is 0 Å². The van der Waals surface area contributed by atoms with Gasteiger partial charge in [-0.1, -0.05) is 19.1 Å². The number of hydrogen-bond acceptors (Lipinski definition) is 5. The second kappa shape index (κ2) is 10.2. The van der Waals surface area contributed by atoms with Crippen LogP contribution in [-0.2, 0) is 19.6 Å². The van der Waals surface area contributed by atoms with E-state index in [0.29, 0.717) is 25.3 Å². The lowest BCUT2D eigenvalue weighted by atomic mass is 9.97. The number of amides is 2. The van der Waals surface area contributed by atoms with Crippen molar-refractivity contribution in [3.8, 4) is 6.07 Å². The minimum Gasteiger partial charge on any atom is -0.355 e. The number of piperidine rings is 2. The lowest BCUT2D eigenvalue weighted by Crippen LogP contribution is -2.44. The van der Waals surface area contributed by atoms with E-state index in [0.717, 1.165) is 25.9 Å². The molecule has 0 saturated carbocycles. The van der Waals surface area contributed by atoms with E-state index in [4.69, 9.17) is 0 Å². The fourth-order valence-electron chi connectivity index (χ4n) is 4.29. The van der Waals surface area contributed by atoms with Gasteiger partial charge in [-0.3, -0.25) is 9.59 Å². The summed E-state index contributed by atoms with van der Waals surface area (Å²) in [6.07, 6.45) is 3.29. The number of likely N-dealkylation sites (tertiary alicyclic amines) is 1. The van der Waals surface area contributed by atoms with Gasteiger partial charge < -0.3 is 10.2 Å². The minimum atomic E-state index is -3.77. The molecule has 1 aromatic rings. The molecule has 0 spiro atoms. The third kappa shape index (κ3) is 5.63. The fourth-order valence-corrected chi connectivity index (χ4v) is 5.90. The highest BCUT2D eigenvalue weighted by molar-refractivity contribution is 7.89. The molecule has 2 heterocycles. The SMILES string of the molecule is CC1CCCN(C(=O)CCNC(=O)C2CCN(S(=O)(=O)c3ccccc3C#N)CC2)C1. The zero-order valence-corrected chi connectivity index (χ0v) is 18.7. The molecule has 2 aliphatic rings. The predicted octanol–water partition coefficient (Wildman–Crippen LogP) is 1.72. The van der Waals surface area contributed by atoms with Gasteiger partial charge in [0.1, 0.15) is 6.07 Å². The van der Waals surface area contributed by atoms with E-state index >= 15 is 0 Å². The maximum absolute atomic E-state index is 12.9. The average molecular weight is 447 g/mol. The number of carbonyl (C=O) groups is 2. The van der Waals surface area contributed by atoms with E-state index in [1.165, 1.54) is 16.4 Å². The molecule has 9 heteroatoms. The molecule has 0 aliphatic carbocycles. The monoisotopic (exact) mass is 446 g/mol. The molecule has 2 saturated heterocycles. The molecule has 1 N–H and O–H groups in total. The van der Waals surface area contributed by atoms with Gasteiger partial charge in [0.05, 0.1) is 10.5 Å². The Morgan fingerprint density at radius 3 is 2.55 bits per heavy atom. The van der Waals surface area contributed by atoms with E-state index in [9.17, 15) is 23.3 Å². The lowest BCUT2D eigenvalue weighted by Gasteiger charge is -2.31. The smallest absolute Gasteiger partial charge is 0.244 e. The fraction of sp³-hybridized carbons (Fsp3) is 0.591. The van der Waals surface area contributed by atoms with Crippen LogP contribution in [0.4, 0.5) is 0 Å². The van der Waals surface area contributed by atoms with Crippen LogP contribution in [0, 0.1) is 23.2 Å². The van der Waals surface area contributed by atoms with Gasteiger partial charge in [-0.05, 0) is 43.7 Å². The van der Waals surface area contributed by atoms with Gasteiger partial charge >= 0.3 is 0 Å². The van der Waals surface area contributed by atoms with E-state index in [-0.39, 0.29) is 47.7 Å². The van der Waals surface area contributed by atoms with Gasteiger partial charge in [0.25, 0.3) is 0 Å². The van der Waals surface area contributed by atoms with Crippen LogP contribution in [0.2, 0.25) is 0 Å². The summed E-state index contributed by atoms with van der Waals surface area (Å²) in [4.78, 5) is 26.7. The summed E-state index contributed by atoms with van der Waals surface area (Å²) in [5, 5.41) is 12.0. The van der Waals surface area contributed by atoms with Gasteiger partial charge in [-0.25, -0.2) is 8.42 Å². The zero-order valence-electron chi connectivity index (χ0n) is 17.9. The molecule has 0 bridgehead atoms. The lowest BCUT2D eigenvalue weighted by molar-refractivity contribution is -0.133. The van der Waals surface area contributed by atoms with Crippen molar-refractivity contribution >= 4 is 21.8 Å². The Labute approximate surface area is 184 Å². The Kier molecular flexibility index (Phi) is 7.68. The highest BCUT2D eigenvalue weighted by Gasteiger charge is 2.33. The van der Waals surface area contributed by atoms with Crippen LogP contribution in [-0.4, -0.2) is 62.2 Å². The molecule has 8 nitrogen and oxygen atoms in total. The summed E-state index contributed by atoms with van der Waals surface area (Å²) in [5.41, 5.74) is 0.120. The molecule has 0 aromatic heterocycles. The summed E-state index contributed by atoms with van der Waals surface area (Å²) in [6.45, 7) is 4.48. The van der Waals surface area contributed by atoms with E-state index in [1.54, 1.807) is 12.1 Å². The van der Waals surface area contributed by atoms with E-state index < -0.39 is 10.0 Å². The van der Waals surface area contributed by atoms with Crippen molar-refractivity contribution in [3.05, 3.63) is 29.8 Å². The molecule has 2 amide bonds. The average Bonchev–Trinajstić information content (AvgIpc) is 2.79. The summed E-state index contributed by atoms with van der Waals surface area (Å²) in [5.74, 6) is 0.190. The normalized spacial score (nSPS) is 20.8. The summed E-state index contributed by atoms with van der Waals surface area (Å²) in [7, 11) is -3.77. The summed E-state index contributed by atoms with van der Waals surface area (Å²) < 4.78 is 27.1. The topological polar surface area (TPSA) is 111 Å². The second-order valence-electron chi connectivity index (χ2n) is 8.41. The van der Waals surface area contributed by atoms with Crippen molar-refractivity contribution in [3.63, 3.8) is 0 Å². The highest BCUT2D eigenvalue weighted by atomic mass is 32.2. The van der Waals surface area contributed by atoms with Crippen LogP contribution in [0.3, 0.4) is 0 Å². The van der Waals surface area contributed by atoms with Crippen LogP contribution in [0.1, 0.15) is 44.6 Å². The highest BCUT2D eigenvalue weighted by Crippen LogP contribution is 2.25. The van der Waals surface area contributed by atoms with Gasteiger partial charge in [0.2, 0.25) is 21.8 Å². The maximum Gasteiger partial charge on any atom is 0.244 e. The molecule has 3 rings (SSSR count). The number of nitriles is 1. The standard InChI is InChI=1S/C22H30N4O4S/c1-17-5-4-12-25(16-17)21(27)8-11-24-22(28)18-9-13-26(14-10-18)31(29,30)20-7-3-2-6-19(20)15-23/h2-3,6-7,17-18H,4-5,8-14,16H2,1H3,(H,24,28). The Balaban J connectivity index is 1.46. The van der Waals surface area contributed by atoms with Crippen molar-refractivity contribution < 1.29 is 18.0 Å². The van der Waals surface area contributed by atoms with Crippen LogP contribution >= 0.6 is 0 Å². The van der Waals surface area contributed by atoms with Gasteiger partial charge in [0, 0.05) is 45.1 Å². The summed E-state index contributed by atoms with van der Waals surface area (Å²) >= 11 is 0. The molecule has 1 unspecified atom stereocenters. The number of benzene rings is 1. The quantitative estimate of drug-likeness (QED) is 0.715. The Morgan fingerprint density at radius 1 is 1.16 bits per heavy atom. The molecule has 31 heavy (non-hydrogen) atoms. The third-order valence-corrected chi connectivity index (χ3v) is 8.05. The maximum atomic E-state index is 12.9. The first kappa shape index (κ1) is 23.2. The van der Waals surface area contributed by atoms with Crippen molar-refractivity contribution in [2.24, 2.45) is 11.8 Å². The van der Waals surface area contributed by atoms with Gasteiger partial charge in [0.15, 0.2) is 0 Å². The van der Waals surface area contributed by atoms with Crippen molar-refractivity contribution in [2.75, 3.05) is 32.7 Å². The molecule has 2 aliphatic heterocycles. The second-order valence-corrected chi connectivity index (χ2v) is 10.3. The Hall–Kier alpha value is -2.44. The molecular weight excluding hydrogens is 416 g/mol. The van der Waals surface area contributed by atoms with Crippen molar-refractivity contribution in [1.29, 1.82) is 5.26 Å². The molecule has 2 fully saturated rings. The minimum absolute atomic E-state index is 0.00550. The van der Waals surface area contributed by atoms with Crippen LogP contribution in [0.15, 0.2) is 29.2 Å². The molecule has 1 aromatic carbocycles. The Bertz CT molecular complexity index is 949. The number of sulfonamides is 1. The van der Waals surface area contributed by atoms with Crippen molar-refractivity contribution in [1.82, 2.24) is 14.5 Å². The summed E-state index contributed by atoms with van der Waals surface area (Å²) in [6, 6.07) is 8.07. The third-order valence-electron chi connectivity index (χ3n) is 6.10. The number of rotatable bonds is 6. The van der Waals surface area contributed by atoms with Crippen LogP contribution < -0.4 is 5.32 Å². The first-order chi connectivity index (χ1) is 14.8. The first-order valence-electron chi connectivity index (χ1n) is 10.9.